The molecule has 0 saturated heterocycles. The highest BCUT2D eigenvalue weighted by Gasteiger charge is 2.16. The summed E-state index contributed by atoms with van der Waals surface area (Å²) in [6.45, 7) is 2.94. The summed E-state index contributed by atoms with van der Waals surface area (Å²) in [5, 5.41) is 9.87. The number of aryl methyl sites for hydroxylation is 1. The maximum atomic E-state index is 9.87. The van der Waals surface area contributed by atoms with Gasteiger partial charge in [-0.05, 0) is 19.1 Å². The van der Waals surface area contributed by atoms with Crippen LogP contribution < -0.4 is 4.57 Å². The lowest BCUT2D eigenvalue weighted by molar-refractivity contribution is -0.641. The van der Waals surface area contributed by atoms with Crippen molar-refractivity contribution in [2.24, 2.45) is 0 Å². The summed E-state index contributed by atoms with van der Waals surface area (Å²) in [5.41, 5.74) is 3.62. The normalized spacial score (nSPS) is 11.1. The number of phenols is 1. The van der Waals surface area contributed by atoms with E-state index in [0.717, 1.165) is 23.1 Å². The second-order valence-corrected chi connectivity index (χ2v) is 3.99. The van der Waals surface area contributed by atoms with Crippen molar-refractivity contribution < 1.29 is 9.67 Å². The standard InChI is InChI=1S/C14H12N2O/c1-2-16-11-7-4-3-6-10(11)15-14-12(16)8-5-9-13(14)17/h3-9H,2H2,1H3/p+1. The molecule has 3 rings (SSSR count). The number of hydrogen-bond acceptors (Lipinski definition) is 2. The van der Waals surface area contributed by atoms with Crippen LogP contribution in [0.25, 0.3) is 22.1 Å². The maximum absolute atomic E-state index is 9.87. The SMILES string of the molecule is CC[n+]1c2ccccc2nc2c(O)cccc21. The minimum atomic E-state index is 0.232. The molecule has 0 aliphatic rings. The van der Waals surface area contributed by atoms with Crippen molar-refractivity contribution in [1.82, 2.24) is 4.98 Å². The first-order valence-corrected chi connectivity index (χ1v) is 5.71. The number of phenolic OH excluding ortho intramolecular Hbond substituents is 1. The van der Waals surface area contributed by atoms with Gasteiger partial charge in [0.1, 0.15) is 17.8 Å². The van der Waals surface area contributed by atoms with Crippen molar-refractivity contribution in [3.8, 4) is 5.75 Å². The van der Waals surface area contributed by atoms with Crippen molar-refractivity contribution in [2.45, 2.75) is 13.5 Å². The lowest BCUT2D eigenvalue weighted by atomic mass is 10.2. The average molecular weight is 225 g/mol. The molecule has 17 heavy (non-hydrogen) atoms. The van der Waals surface area contributed by atoms with Crippen molar-refractivity contribution in [3.05, 3.63) is 42.5 Å². The third kappa shape index (κ3) is 1.43. The zero-order chi connectivity index (χ0) is 11.8. The van der Waals surface area contributed by atoms with Gasteiger partial charge in [0.15, 0.2) is 5.52 Å². The van der Waals surface area contributed by atoms with Crippen molar-refractivity contribution >= 4 is 22.1 Å². The molecule has 1 aromatic heterocycles. The fourth-order valence-electron chi connectivity index (χ4n) is 2.23. The van der Waals surface area contributed by atoms with Crippen LogP contribution >= 0.6 is 0 Å². The van der Waals surface area contributed by atoms with Crippen LogP contribution in [0.1, 0.15) is 6.92 Å². The number of aromatic hydroxyl groups is 1. The zero-order valence-corrected chi connectivity index (χ0v) is 9.59. The van der Waals surface area contributed by atoms with Crippen LogP contribution in [0.3, 0.4) is 0 Å². The molecule has 1 heterocycles. The predicted octanol–water partition coefficient (Wildman–Crippen LogP) is 2.40. The first kappa shape index (κ1) is 10.0. The molecule has 3 heteroatoms. The fourth-order valence-corrected chi connectivity index (χ4v) is 2.23. The number of rotatable bonds is 1. The summed E-state index contributed by atoms with van der Waals surface area (Å²) in [7, 11) is 0. The molecule has 0 fully saturated rings. The minimum absolute atomic E-state index is 0.232. The molecule has 84 valence electrons. The number of nitrogens with zero attached hydrogens (tertiary/aromatic N) is 2. The Bertz CT molecular complexity index is 707. The van der Waals surface area contributed by atoms with Gasteiger partial charge in [0.25, 0.3) is 0 Å². The summed E-state index contributed by atoms with van der Waals surface area (Å²) in [5.74, 6) is 0.232. The molecule has 0 saturated carbocycles. The molecule has 0 spiro atoms. The first-order valence-electron chi connectivity index (χ1n) is 5.71. The average Bonchev–Trinajstić information content (AvgIpc) is 2.37. The third-order valence-corrected chi connectivity index (χ3v) is 3.01. The van der Waals surface area contributed by atoms with E-state index >= 15 is 0 Å². The van der Waals surface area contributed by atoms with Gasteiger partial charge in [0, 0.05) is 12.1 Å². The Kier molecular flexibility index (Phi) is 2.18. The molecule has 3 nitrogen and oxygen atoms in total. The van der Waals surface area contributed by atoms with Gasteiger partial charge in [-0.3, -0.25) is 0 Å². The summed E-state index contributed by atoms with van der Waals surface area (Å²) in [6, 6.07) is 13.5. The second kappa shape index (κ2) is 3.70. The lowest BCUT2D eigenvalue weighted by Gasteiger charge is -2.04. The monoisotopic (exact) mass is 225 g/mol. The quantitative estimate of drug-likeness (QED) is 0.510. The van der Waals surface area contributed by atoms with E-state index in [1.165, 1.54) is 0 Å². The molecule has 0 aliphatic heterocycles. The van der Waals surface area contributed by atoms with Gasteiger partial charge in [-0.1, -0.05) is 18.2 Å². The predicted molar refractivity (Wildman–Crippen MR) is 66.8 cm³/mol. The Morgan fingerprint density at radius 1 is 1.06 bits per heavy atom. The third-order valence-electron chi connectivity index (χ3n) is 3.01. The summed E-state index contributed by atoms with van der Waals surface area (Å²) in [6.07, 6.45) is 0. The molecular formula is C14H13N2O+. The van der Waals surface area contributed by atoms with Crippen LogP contribution in [0.4, 0.5) is 0 Å². The van der Waals surface area contributed by atoms with E-state index in [0.29, 0.717) is 5.52 Å². The van der Waals surface area contributed by atoms with Crippen LogP contribution in [-0.2, 0) is 6.54 Å². The van der Waals surface area contributed by atoms with E-state index in [4.69, 9.17) is 0 Å². The Labute approximate surface area is 99.0 Å². The highest BCUT2D eigenvalue weighted by molar-refractivity contribution is 5.85. The highest BCUT2D eigenvalue weighted by Crippen LogP contribution is 2.22. The van der Waals surface area contributed by atoms with Crippen molar-refractivity contribution in [3.63, 3.8) is 0 Å². The largest absolute Gasteiger partial charge is 0.505 e. The lowest BCUT2D eigenvalue weighted by Crippen LogP contribution is -2.34. The van der Waals surface area contributed by atoms with Gasteiger partial charge >= 0.3 is 0 Å². The van der Waals surface area contributed by atoms with E-state index in [1.807, 2.05) is 30.3 Å². The van der Waals surface area contributed by atoms with E-state index in [1.54, 1.807) is 6.07 Å². The summed E-state index contributed by atoms with van der Waals surface area (Å²) in [4.78, 5) is 4.51. The summed E-state index contributed by atoms with van der Waals surface area (Å²) >= 11 is 0. The zero-order valence-electron chi connectivity index (χ0n) is 9.59. The minimum Gasteiger partial charge on any atom is -0.505 e. The van der Waals surface area contributed by atoms with Crippen LogP contribution in [-0.4, -0.2) is 10.1 Å². The smallest absolute Gasteiger partial charge is 0.235 e. The van der Waals surface area contributed by atoms with Gasteiger partial charge in [0.05, 0.1) is 0 Å². The van der Waals surface area contributed by atoms with Gasteiger partial charge in [0.2, 0.25) is 11.0 Å². The van der Waals surface area contributed by atoms with Gasteiger partial charge < -0.3 is 5.11 Å². The van der Waals surface area contributed by atoms with E-state index in [2.05, 4.69) is 22.5 Å². The second-order valence-electron chi connectivity index (χ2n) is 3.99. The highest BCUT2D eigenvalue weighted by atomic mass is 16.3. The molecule has 1 N–H and O–H groups in total. The molecule has 2 aromatic carbocycles. The van der Waals surface area contributed by atoms with Crippen LogP contribution in [0, 0.1) is 0 Å². The van der Waals surface area contributed by atoms with Crippen LogP contribution in [0.15, 0.2) is 42.5 Å². The van der Waals surface area contributed by atoms with E-state index in [9.17, 15) is 5.11 Å². The number of hydrogen-bond donors (Lipinski definition) is 1. The Morgan fingerprint density at radius 3 is 2.65 bits per heavy atom. The van der Waals surface area contributed by atoms with Crippen molar-refractivity contribution in [1.29, 1.82) is 0 Å². The molecule has 3 aromatic rings. The topological polar surface area (TPSA) is 37.0 Å². The maximum Gasteiger partial charge on any atom is 0.235 e. The van der Waals surface area contributed by atoms with Crippen molar-refractivity contribution in [2.75, 3.05) is 0 Å². The molecule has 0 radical (unpaired) electrons. The Balaban J connectivity index is 2.58. The molecule has 0 bridgehead atoms. The van der Waals surface area contributed by atoms with Gasteiger partial charge in [-0.25, -0.2) is 4.98 Å². The number of fused-ring (bicyclic) bond motifs is 2. The Morgan fingerprint density at radius 2 is 1.82 bits per heavy atom. The number of aromatic nitrogens is 2. The van der Waals surface area contributed by atoms with E-state index in [-0.39, 0.29) is 5.75 Å². The Hall–Kier alpha value is -2.16. The van der Waals surface area contributed by atoms with Crippen LogP contribution in [0.2, 0.25) is 0 Å². The fraction of sp³-hybridized carbons (Fsp3) is 0.143. The number of benzene rings is 2. The molecule has 0 amide bonds. The first-order chi connectivity index (χ1) is 8.31. The van der Waals surface area contributed by atoms with Crippen LogP contribution in [0.5, 0.6) is 5.75 Å². The van der Waals surface area contributed by atoms with Gasteiger partial charge in [-0.2, -0.15) is 4.57 Å². The molecular weight excluding hydrogens is 212 g/mol. The molecule has 0 atom stereocenters. The summed E-state index contributed by atoms with van der Waals surface area (Å²) < 4.78 is 2.16. The molecule has 0 unspecified atom stereocenters. The van der Waals surface area contributed by atoms with Gasteiger partial charge in [-0.15, -0.1) is 0 Å². The van der Waals surface area contributed by atoms with E-state index < -0.39 is 0 Å². The molecule has 0 aliphatic carbocycles. The number of para-hydroxylation sites is 3.